The molecular formula is C16H26N2O. The van der Waals surface area contributed by atoms with Crippen molar-refractivity contribution >= 4 is 0 Å². The summed E-state index contributed by atoms with van der Waals surface area (Å²) in [6.07, 6.45) is 4.41. The number of benzene rings is 1. The van der Waals surface area contributed by atoms with E-state index in [-0.39, 0.29) is 11.6 Å². The van der Waals surface area contributed by atoms with Gasteiger partial charge in [-0.15, -0.1) is 0 Å². The van der Waals surface area contributed by atoms with Gasteiger partial charge in [-0.2, -0.15) is 0 Å². The Kier molecular flexibility index (Phi) is 5.37. The summed E-state index contributed by atoms with van der Waals surface area (Å²) >= 11 is 0. The van der Waals surface area contributed by atoms with Crippen LogP contribution >= 0.6 is 0 Å². The van der Waals surface area contributed by atoms with E-state index in [1.54, 1.807) is 0 Å². The standard InChI is InChI=1S/C16H26N2O/c1-16(10-5-11-19-16)13-18-12-15(17)9-8-14-6-3-2-4-7-14/h2-4,6-7,15,18H,5,8-13,17H2,1H3. The lowest BCUT2D eigenvalue weighted by molar-refractivity contribution is 0.0208. The van der Waals surface area contributed by atoms with E-state index in [0.29, 0.717) is 0 Å². The average molecular weight is 262 g/mol. The molecule has 0 saturated carbocycles. The molecule has 1 fully saturated rings. The predicted octanol–water partition coefficient (Wildman–Crippen LogP) is 2.11. The van der Waals surface area contributed by atoms with Crippen LogP contribution in [-0.2, 0) is 11.2 Å². The fraction of sp³-hybridized carbons (Fsp3) is 0.625. The number of hydrogen-bond donors (Lipinski definition) is 2. The summed E-state index contributed by atoms with van der Waals surface area (Å²) in [5, 5.41) is 3.45. The molecule has 2 atom stereocenters. The van der Waals surface area contributed by atoms with E-state index in [9.17, 15) is 0 Å². The summed E-state index contributed by atoms with van der Waals surface area (Å²) in [5.41, 5.74) is 7.54. The van der Waals surface area contributed by atoms with E-state index in [1.165, 1.54) is 12.0 Å². The molecule has 3 heteroatoms. The Hall–Kier alpha value is -0.900. The Morgan fingerprint density at radius 3 is 2.84 bits per heavy atom. The highest BCUT2D eigenvalue weighted by molar-refractivity contribution is 5.14. The molecular weight excluding hydrogens is 236 g/mol. The second kappa shape index (κ2) is 7.04. The highest BCUT2D eigenvalue weighted by atomic mass is 16.5. The van der Waals surface area contributed by atoms with E-state index in [4.69, 9.17) is 10.5 Å². The number of ether oxygens (including phenoxy) is 1. The molecule has 2 rings (SSSR count). The topological polar surface area (TPSA) is 47.3 Å². The van der Waals surface area contributed by atoms with Crippen LogP contribution in [0.5, 0.6) is 0 Å². The van der Waals surface area contributed by atoms with Crippen molar-refractivity contribution in [2.75, 3.05) is 19.7 Å². The smallest absolute Gasteiger partial charge is 0.0779 e. The number of nitrogens with one attached hydrogen (secondary N) is 1. The molecule has 2 unspecified atom stereocenters. The van der Waals surface area contributed by atoms with Crippen LogP contribution in [0, 0.1) is 0 Å². The minimum Gasteiger partial charge on any atom is -0.374 e. The molecule has 1 aliphatic heterocycles. The maximum atomic E-state index is 6.15. The average Bonchev–Trinajstić information content (AvgIpc) is 2.85. The van der Waals surface area contributed by atoms with E-state index in [1.807, 2.05) is 6.07 Å². The lowest BCUT2D eigenvalue weighted by Gasteiger charge is -2.24. The zero-order chi connectivity index (χ0) is 13.6. The molecule has 0 bridgehead atoms. The zero-order valence-corrected chi connectivity index (χ0v) is 11.9. The normalized spacial score (nSPS) is 24.5. The van der Waals surface area contributed by atoms with Crippen molar-refractivity contribution in [2.45, 2.75) is 44.2 Å². The van der Waals surface area contributed by atoms with Crippen LogP contribution in [0.1, 0.15) is 31.7 Å². The van der Waals surface area contributed by atoms with Crippen LogP contribution in [0.25, 0.3) is 0 Å². The number of aryl methyl sites for hydroxylation is 1. The molecule has 1 heterocycles. The van der Waals surface area contributed by atoms with Gasteiger partial charge < -0.3 is 15.8 Å². The van der Waals surface area contributed by atoms with Gasteiger partial charge in [0.05, 0.1) is 5.60 Å². The number of nitrogens with two attached hydrogens (primary N) is 1. The molecule has 1 aromatic rings. The largest absolute Gasteiger partial charge is 0.374 e. The van der Waals surface area contributed by atoms with Crippen LogP contribution in [0.3, 0.4) is 0 Å². The van der Waals surface area contributed by atoms with Gasteiger partial charge in [0, 0.05) is 25.7 Å². The molecule has 0 radical (unpaired) electrons. The van der Waals surface area contributed by atoms with Crippen LogP contribution in [0.4, 0.5) is 0 Å². The molecule has 106 valence electrons. The predicted molar refractivity (Wildman–Crippen MR) is 79.2 cm³/mol. The molecule has 3 nitrogen and oxygen atoms in total. The minimum atomic E-state index is 0.0269. The fourth-order valence-corrected chi connectivity index (χ4v) is 2.60. The first kappa shape index (κ1) is 14.5. The number of hydrogen-bond acceptors (Lipinski definition) is 3. The summed E-state index contributed by atoms with van der Waals surface area (Å²) < 4.78 is 5.75. The first-order chi connectivity index (χ1) is 9.18. The quantitative estimate of drug-likeness (QED) is 0.791. The van der Waals surface area contributed by atoms with Crippen molar-refractivity contribution in [3.05, 3.63) is 35.9 Å². The van der Waals surface area contributed by atoms with Crippen molar-refractivity contribution in [1.29, 1.82) is 0 Å². The maximum Gasteiger partial charge on any atom is 0.0779 e. The SMILES string of the molecule is CC1(CNCC(N)CCc2ccccc2)CCCO1. The number of rotatable bonds is 7. The summed E-state index contributed by atoms with van der Waals surface area (Å²) in [6.45, 7) is 4.86. The molecule has 1 saturated heterocycles. The fourth-order valence-electron chi connectivity index (χ4n) is 2.60. The van der Waals surface area contributed by atoms with E-state index in [2.05, 4.69) is 36.5 Å². The van der Waals surface area contributed by atoms with Crippen LogP contribution in [0.15, 0.2) is 30.3 Å². The third kappa shape index (κ3) is 4.94. The van der Waals surface area contributed by atoms with Gasteiger partial charge in [0.1, 0.15) is 0 Å². The Bertz CT molecular complexity index is 360. The Morgan fingerprint density at radius 1 is 1.37 bits per heavy atom. The molecule has 0 spiro atoms. The third-order valence-corrected chi connectivity index (χ3v) is 3.85. The molecule has 0 amide bonds. The second-order valence-corrected chi connectivity index (χ2v) is 5.82. The Balaban J connectivity index is 1.61. The van der Waals surface area contributed by atoms with Gasteiger partial charge in [0.15, 0.2) is 0 Å². The van der Waals surface area contributed by atoms with Crippen LogP contribution in [0.2, 0.25) is 0 Å². The lowest BCUT2D eigenvalue weighted by atomic mass is 10.0. The molecule has 1 aromatic carbocycles. The maximum absolute atomic E-state index is 6.15. The third-order valence-electron chi connectivity index (χ3n) is 3.85. The first-order valence-corrected chi connectivity index (χ1v) is 7.32. The van der Waals surface area contributed by atoms with Crippen molar-refractivity contribution < 1.29 is 4.74 Å². The van der Waals surface area contributed by atoms with E-state index >= 15 is 0 Å². The molecule has 0 aliphatic carbocycles. The summed E-state index contributed by atoms with van der Waals surface area (Å²) in [6, 6.07) is 10.7. The van der Waals surface area contributed by atoms with Gasteiger partial charge in [0.25, 0.3) is 0 Å². The Morgan fingerprint density at radius 2 is 2.16 bits per heavy atom. The summed E-state index contributed by atoms with van der Waals surface area (Å²) in [5.74, 6) is 0. The second-order valence-electron chi connectivity index (χ2n) is 5.82. The van der Waals surface area contributed by atoms with Gasteiger partial charge in [-0.25, -0.2) is 0 Å². The molecule has 3 N–H and O–H groups in total. The van der Waals surface area contributed by atoms with Gasteiger partial charge in [0.2, 0.25) is 0 Å². The minimum absolute atomic E-state index is 0.0269. The van der Waals surface area contributed by atoms with Crippen molar-refractivity contribution in [3.63, 3.8) is 0 Å². The van der Waals surface area contributed by atoms with Crippen molar-refractivity contribution in [2.24, 2.45) is 5.73 Å². The van der Waals surface area contributed by atoms with Gasteiger partial charge in [-0.1, -0.05) is 30.3 Å². The van der Waals surface area contributed by atoms with Crippen molar-refractivity contribution in [3.8, 4) is 0 Å². The van der Waals surface area contributed by atoms with Gasteiger partial charge in [-0.3, -0.25) is 0 Å². The van der Waals surface area contributed by atoms with Gasteiger partial charge >= 0.3 is 0 Å². The van der Waals surface area contributed by atoms with Crippen LogP contribution < -0.4 is 11.1 Å². The summed E-state index contributed by atoms with van der Waals surface area (Å²) in [7, 11) is 0. The first-order valence-electron chi connectivity index (χ1n) is 7.32. The lowest BCUT2D eigenvalue weighted by Crippen LogP contribution is -2.42. The van der Waals surface area contributed by atoms with Crippen molar-refractivity contribution in [1.82, 2.24) is 5.32 Å². The monoisotopic (exact) mass is 262 g/mol. The molecule has 19 heavy (non-hydrogen) atoms. The highest BCUT2D eigenvalue weighted by Crippen LogP contribution is 2.23. The molecule has 1 aliphatic rings. The zero-order valence-electron chi connectivity index (χ0n) is 11.9. The summed E-state index contributed by atoms with van der Waals surface area (Å²) in [4.78, 5) is 0. The van der Waals surface area contributed by atoms with E-state index < -0.39 is 0 Å². The van der Waals surface area contributed by atoms with Crippen LogP contribution in [-0.4, -0.2) is 31.3 Å². The Labute approximate surface area is 116 Å². The van der Waals surface area contributed by atoms with Gasteiger partial charge in [-0.05, 0) is 38.2 Å². The van der Waals surface area contributed by atoms with E-state index in [0.717, 1.165) is 39.0 Å². The molecule has 0 aromatic heterocycles. The highest BCUT2D eigenvalue weighted by Gasteiger charge is 2.29.